The molecule has 0 aliphatic carbocycles. The van der Waals surface area contributed by atoms with Crippen LogP contribution in [0.3, 0.4) is 0 Å². The van der Waals surface area contributed by atoms with Crippen molar-refractivity contribution in [3.8, 4) is 0 Å². The number of fused-ring (bicyclic) bond motifs is 2. The number of para-hydroxylation sites is 1. The molecule has 0 fully saturated rings. The molecule has 4 rings (SSSR count). The minimum Gasteiger partial charge on any atom is -0.296 e. The quantitative estimate of drug-likeness (QED) is 0.724. The largest absolute Gasteiger partial charge is 0.296 e. The topological polar surface area (TPSA) is 92.3 Å². The van der Waals surface area contributed by atoms with E-state index in [0.29, 0.717) is 30.3 Å². The second-order valence-corrected chi connectivity index (χ2v) is 9.56. The zero-order chi connectivity index (χ0) is 19.0. The normalized spacial score (nSPS) is 14.9. The van der Waals surface area contributed by atoms with Gasteiger partial charge in [0, 0.05) is 29.8 Å². The number of hydrogen-bond donors (Lipinski definition) is 1. The Kier molecular flexibility index (Phi) is 4.67. The van der Waals surface area contributed by atoms with Crippen LogP contribution in [0.4, 0.5) is 5.13 Å². The van der Waals surface area contributed by atoms with E-state index in [2.05, 4.69) is 15.3 Å². The molecule has 1 N–H and O–H groups in total. The number of thiazole rings is 1. The zero-order valence-corrected chi connectivity index (χ0v) is 16.3. The van der Waals surface area contributed by atoms with Crippen molar-refractivity contribution in [1.82, 2.24) is 14.3 Å². The van der Waals surface area contributed by atoms with E-state index >= 15 is 0 Å². The molecule has 1 aliphatic heterocycles. The predicted molar refractivity (Wildman–Crippen MR) is 105 cm³/mol. The molecule has 0 radical (unpaired) electrons. The van der Waals surface area contributed by atoms with Gasteiger partial charge in [-0.1, -0.05) is 24.3 Å². The number of aromatic nitrogens is 2. The Morgan fingerprint density at radius 3 is 2.85 bits per heavy atom. The number of anilines is 1. The number of nitrogens with one attached hydrogen (secondary N) is 1. The number of benzene rings is 1. The maximum Gasteiger partial charge on any atom is 0.276 e. The van der Waals surface area contributed by atoms with Gasteiger partial charge in [0.15, 0.2) is 5.13 Å². The highest BCUT2D eigenvalue weighted by molar-refractivity contribution is 7.89. The summed E-state index contributed by atoms with van der Waals surface area (Å²) in [5.74, 6) is -0.247. The van der Waals surface area contributed by atoms with Crippen molar-refractivity contribution in [3.05, 3.63) is 52.7 Å². The average molecular weight is 403 g/mol. The van der Waals surface area contributed by atoms with Crippen LogP contribution in [0.2, 0.25) is 0 Å². The molecule has 0 spiro atoms. The van der Waals surface area contributed by atoms with Gasteiger partial charge in [0.05, 0.1) is 17.0 Å². The number of hydrogen-bond acceptors (Lipinski definition) is 6. The highest BCUT2D eigenvalue weighted by Gasteiger charge is 2.28. The smallest absolute Gasteiger partial charge is 0.276 e. The van der Waals surface area contributed by atoms with Crippen LogP contribution in [0.1, 0.15) is 28.0 Å². The van der Waals surface area contributed by atoms with Crippen molar-refractivity contribution in [2.45, 2.75) is 19.9 Å². The molecule has 0 unspecified atom stereocenters. The summed E-state index contributed by atoms with van der Waals surface area (Å²) in [4.78, 5) is 22.2. The van der Waals surface area contributed by atoms with E-state index in [1.807, 2.05) is 30.3 Å². The van der Waals surface area contributed by atoms with Gasteiger partial charge in [0.2, 0.25) is 10.0 Å². The molecule has 27 heavy (non-hydrogen) atoms. The van der Waals surface area contributed by atoms with E-state index in [0.717, 1.165) is 21.5 Å². The molecule has 3 heterocycles. The van der Waals surface area contributed by atoms with E-state index in [-0.39, 0.29) is 11.7 Å². The van der Waals surface area contributed by atoms with Gasteiger partial charge in [-0.2, -0.15) is 4.31 Å². The SMILES string of the molecule is CCS(=O)(=O)N1CCc2nc(NC(=O)c3ccc4ccccc4n3)sc2C1. The van der Waals surface area contributed by atoms with Gasteiger partial charge in [-0.05, 0) is 19.1 Å². The van der Waals surface area contributed by atoms with Crippen LogP contribution in [-0.2, 0) is 23.0 Å². The van der Waals surface area contributed by atoms with Gasteiger partial charge in [0.25, 0.3) is 5.91 Å². The number of nitrogens with zero attached hydrogens (tertiary/aromatic N) is 3. The Hall–Kier alpha value is -2.36. The first-order valence-corrected chi connectivity index (χ1v) is 11.0. The lowest BCUT2D eigenvalue weighted by molar-refractivity contribution is 0.102. The van der Waals surface area contributed by atoms with Crippen molar-refractivity contribution in [2.75, 3.05) is 17.6 Å². The number of sulfonamides is 1. The van der Waals surface area contributed by atoms with Gasteiger partial charge in [-0.15, -0.1) is 11.3 Å². The summed E-state index contributed by atoms with van der Waals surface area (Å²) in [5.41, 5.74) is 1.92. The minimum absolute atomic E-state index is 0.0817. The molecule has 0 bridgehead atoms. The second kappa shape index (κ2) is 6.99. The third-order valence-corrected chi connectivity index (χ3v) is 7.33. The van der Waals surface area contributed by atoms with E-state index in [1.165, 1.54) is 15.6 Å². The van der Waals surface area contributed by atoms with Crippen molar-refractivity contribution in [2.24, 2.45) is 0 Å². The summed E-state index contributed by atoms with van der Waals surface area (Å²) >= 11 is 1.32. The minimum atomic E-state index is -3.23. The maximum atomic E-state index is 12.5. The van der Waals surface area contributed by atoms with Crippen LogP contribution in [0.15, 0.2) is 36.4 Å². The lowest BCUT2D eigenvalue weighted by Gasteiger charge is -2.24. The van der Waals surface area contributed by atoms with Gasteiger partial charge >= 0.3 is 0 Å². The van der Waals surface area contributed by atoms with Crippen molar-refractivity contribution in [3.63, 3.8) is 0 Å². The van der Waals surface area contributed by atoms with Gasteiger partial charge in [0.1, 0.15) is 5.69 Å². The molecule has 1 aliphatic rings. The molecular formula is C18H18N4O3S2. The lowest BCUT2D eigenvalue weighted by atomic mass is 10.2. The first-order valence-electron chi connectivity index (χ1n) is 8.60. The summed E-state index contributed by atoms with van der Waals surface area (Å²) in [6, 6.07) is 11.1. The van der Waals surface area contributed by atoms with Gasteiger partial charge < -0.3 is 0 Å². The van der Waals surface area contributed by atoms with Crippen LogP contribution >= 0.6 is 11.3 Å². The monoisotopic (exact) mass is 402 g/mol. The number of carbonyl (C=O) groups excluding carboxylic acids is 1. The number of rotatable bonds is 4. The lowest BCUT2D eigenvalue weighted by Crippen LogP contribution is -2.36. The van der Waals surface area contributed by atoms with E-state index in [4.69, 9.17) is 0 Å². The van der Waals surface area contributed by atoms with Crippen LogP contribution < -0.4 is 5.32 Å². The standard InChI is InChI=1S/C18H18N4O3S2/c1-2-27(24,25)22-10-9-14-16(11-22)26-18(20-14)21-17(23)15-8-7-12-5-3-4-6-13(12)19-15/h3-8H,2,9-11H2,1H3,(H,20,21,23). The molecule has 140 valence electrons. The van der Waals surface area contributed by atoms with Crippen LogP contribution in [-0.4, -0.2) is 40.9 Å². The third kappa shape index (κ3) is 3.58. The maximum absolute atomic E-state index is 12.5. The second-order valence-electron chi connectivity index (χ2n) is 6.22. The third-order valence-electron chi connectivity index (χ3n) is 4.51. The Morgan fingerprint density at radius 2 is 2.04 bits per heavy atom. The Balaban J connectivity index is 1.53. The molecule has 7 nitrogen and oxygen atoms in total. The molecule has 0 saturated heterocycles. The van der Waals surface area contributed by atoms with Gasteiger partial charge in [-0.25, -0.2) is 18.4 Å². The van der Waals surface area contributed by atoms with E-state index in [1.54, 1.807) is 13.0 Å². The molecule has 0 atom stereocenters. The molecule has 1 amide bonds. The predicted octanol–water partition coefficient (Wildman–Crippen LogP) is 2.65. The number of pyridine rings is 1. The van der Waals surface area contributed by atoms with Crippen molar-refractivity contribution < 1.29 is 13.2 Å². The summed E-state index contributed by atoms with van der Waals surface area (Å²) in [5, 5.41) is 4.22. The first-order chi connectivity index (χ1) is 13.0. The van der Waals surface area contributed by atoms with E-state index < -0.39 is 10.0 Å². The molecule has 1 aromatic carbocycles. The van der Waals surface area contributed by atoms with Crippen LogP contribution in [0.25, 0.3) is 10.9 Å². The van der Waals surface area contributed by atoms with Crippen molar-refractivity contribution >= 4 is 43.3 Å². The average Bonchev–Trinajstić information content (AvgIpc) is 3.08. The molecule has 0 saturated carbocycles. The fourth-order valence-corrected chi connectivity index (χ4v) is 5.16. The number of amides is 1. The summed E-state index contributed by atoms with van der Waals surface area (Å²) < 4.78 is 25.6. The number of carbonyl (C=O) groups is 1. The summed E-state index contributed by atoms with van der Waals surface area (Å²) in [6.45, 7) is 2.37. The fourth-order valence-electron chi connectivity index (χ4n) is 3.00. The Labute approximate surface area is 161 Å². The zero-order valence-electron chi connectivity index (χ0n) is 14.7. The molecular weight excluding hydrogens is 384 g/mol. The Morgan fingerprint density at radius 1 is 1.22 bits per heavy atom. The van der Waals surface area contributed by atoms with Crippen LogP contribution in [0, 0.1) is 0 Å². The summed E-state index contributed by atoms with van der Waals surface area (Å²) in [6.07, 6.45) is 0.551. The summed E-state index contributed by atoms with van der Waals surface area (Å²) in [7, 11) is -3.23. The van der Waals surface area contributed by atoms with Gasteiger partial charge in [-0.3, -0.25) is 10.1 Å². The Bertz CT molecular complexity index is 1120. The van der Waals surface area contributed by atoms with E-state index in [9.17, 15) is 13.2 Å². The highest BCUT2D eigenvalue weighted by atomic mass is 32.2. The molecule has 9 heteroatoms. The first kappa shape index (κ1) is 18.0. The molecule has 2 aromatic heterocycles. The van der Waals surface area contributed by atoms with Crippen molar-refractivity contribution in [1.29, 1.82) is 0 Å². The molecule has 3 aromatic rings. The van der Waals surface area contributed by atoms with Crippen LogP contribution in [0.5, 0.6) is 0 Å². The highest BCUT2D eigenvalue weighted by Crippen LogP contribution is 2.29. The fraction of sp³-hybridized carbons (Fsp3) is 0.278.